The minimum Gasteiger partial charge on any atom is -0.495 e. The Morgan fingerprint density at radius 3 is 2.73 bits per heavy atom. The summed E-state index contributed by atoms with van der Waals surface area (Å²) in [6.45, 7) is 2.44. The molecule has 0 bridgehead atoms. The van der Waals surface area contributed by atoms with E-state index < -0.39 is 0 Å². The van der Waals surface area contributed by atoms with Crippen LogP contribution in [0.15, 0.2) is 24.3 Å². The predicted molar refractivity (Wildman–Crippen MR) is 86.3 cm³/mol. The largest absolute Gasteiger partial charge is 0.495 e. The molecule has 0 spiro atoms. The van der Waals surface area contributed by atoms with E-state index in [0.717, 1.165) is 0 Å². The Kier molecular flexibility index (Phi) is 6.54. The number of benzene rings is 1. The number of carbonyl (C=O) groups excluding carboxylic acids is 2. The van der Waals surface area contributed by atoms with Crippen molar-refractivity contribution < 1.29 is 19.1 Å². The molecule has 6 nitrogen and oxygen atoms in total. The summed E-state index contributed by atoms with van der Waals surface area (Å²) in [4.78, 5) is 25.6. The van der Waals surface area contributed by atoms with Crippen LogP contribution in [0.3, 0.4) is 0 Å². The molecule has 1 aliphatic heterocycles. The van der Waals surface area contributed by atoms with Crippen LogP contribution in [0.4, 0.5) is 5.69 Å². The Morgan fingerprint density at radius 2 is 2.00 bits per heavy atom. The first-order chi connectivity index (χ1) is 10.7. The second kappa shape index (κ2) is 8.65. The van der Waals surface area contributed by atoms with Gasteiger partial charge in [-0.1, -0.05) is 12.1 Å². The standard InChI is InChI=1S/C15H20N2O4S/c1-20-13-5-3-2-4-12(13)16-14(18)10-22-11-15(19)17-6-8-21-9-7-17/h2-5H,6-11H2,1H3,(H,16,18). The van der Waals surface area contributed by atoms with Crippen molar-refractivity contribution in [3.05, 3.63) is 24.3 Å². The maximum Gasteiger partial charge on any atom is 0.234 e. The molecule has 1 aliphatic rings. The van der Waals surface area contributed by atoms with Crippen LogP contribution in [0.1, 0.15) is 0 Å². The molecule has 7 heteroatoms. The second-order valence-electron chi connectivity index (χ2n) is 4.73. The second-order valence-corrected chi connectivity index (χ2v) is 5.72. The van der Waals surface area contributed by atoms with Crippen LogP contribution in [-0.2, 0) is 14.3 Å². The van der Waals surface area contributed by atoms with Gasteiger partial charge in [-0.2, -0.15) is 0 Å². The molecule has 22 heavy (non-hydrogen) atoms. The molecular weight excluding hydrogens is 304 g/mol. The third-order valence-electron chi connectivity index (χ3n) is 3.20. The summed E-state index contributed by atoms with van der Waals surface area (Å²) in [5.74, 6) is 1.06. The SMILES string of the molecule is COc1ccccc1NC(=O)CSCC(=O)N1CCOCC1. The zero-order valence-corrected chi connectivity index (χ0v) is 13.4. The summed E-state index contributed by atoms with van der Waals surface area (Å²) in [6, 6.07) is 7.22. The van der Waals surface area contributed by atoms with Gasteiger partial charge in [0.1, 0.15) is 5.75 Å². The van der Waals surface area contributed by atoms with E-state index in [2.05, 4.69) is 5.32 Å². The van der Waals surface area contributed by atoms with Gasteiger partial charge in [0.2, 0.25) is 11.8 Å². The Bertz CT molecular complexity index is 518. The van der Waals surface area contributed by atoms with E-state index in [0.29, 0.717) is 43.5 Å². The lowest BCUT2D eigenvalue weighted by Gasteiger charge is -2.26. The highest BCUT2D eigenvalue weighted by molar-refractivity contribution is 8.00. The maximum atomic E-state index is 11.9. The van der Waals surface area contributed by atoms with Gasteiger partial charge in [-0.05, 0) is 12.1 Å². The minimum absolute atomic E-state index is 0.0541. The summed E-state index contributed by atoms with van der Waals surface area (Å²) in [5.41, 5.74) is 0.634. The number of ether oxygens (including phenoxy) is 2. The average molecular weight is 324 g/mol. The van der Waals surface area contributed by atoms with E-state index in [4.69, 9.17) is 9.47 Å². The number of hydrogen-bond acceptors (Lipinski definition) is 5. The summed E-state index contributed by atoms with van der Waals surface area (Å²) in [5, 5.41) is 2.79. The van der Waals surface area contributed by atoms with E-state index in [1.54, 1.807) is 24.1 Å². The normalized spacial score (nSPS) is 14.5. The number of methoxy groups -OCH3 is 1. The molecule has 0 saturated carbocycles. The smallest absolute Gasteiger partial charge is 0.234 e. The molecule has 1 aromatic carbocycles. The number of anilines is 1. The van der Waals surface area contributed by atoms with E-state index in [1.807, 2.05) is 12.1 Å². The maximum absolute atomic E-state index is 11.9. The topological polar surface area (TPSA) is 67.9 Å². The van der Waals surface area contributed by atoms with Crippen molar-refractivity contribution in [2.75, 3.05) is 50.2 Å². The van der Waals surface area contributed by atoms with Crippen molar-refractivity contribution in [3.8, 4) is 5.75 Å². The Labute approximate surface area is 134 Å². The van der Waals surface area contributed by atoms with Crippen LogP contribution in [-0.4, -0.2) is 61.6 Å². The van der Waals surface area contributed by atoms with Crippen molar-refractivity contribution in [2.24, 2.45) is 0 Å². The zero-order valence-electron chi connectivity index (χ0n) is 12.5. The van der Waals surface area contributed by atoms with Crippen LogP contribution < -0.4 is 10.1 Å². The molecule has 0 atom stereocenters. The first-order valence-corrected chi connectivity index (χ1v) is 8.22. The Morgan fingerprint density at radius 1 is 1.27 bits per heavy atom. The molecule has 0 unspecified atom stereocenters. The van der Waals surface area contributed by atoms with Crippen LogP contribution >= 0.6 is 11.8 Å². The van der Waals surface area contributed by atoms with E-state index in [1.165, 1.54) is 11.8 Å². The Hall–Kier alpha value is -1.73. The van der Waals surface area contributed by atoms with Crippen LogP contribution in [0.25, 0.3) is 0 Å². The third-order valence-corrected chi connectivity index (χ3v) is 4.12. The molecule has 1 aromatic rings. The highest BCUT2D eigenvalue weighted by Gasteiger charge is 2.17. The van der Waals surface area contributed by atoms with Crippen molar-refractivity contribution in [2.45, 2.75) is 0 Å². The molecule has 1 saturated heterocycles. The van der Waals surface area contributed by atoms with Crippen molar-refractivity contribution in [1.29, 1.82) is 0 Å². The molecule has 0 radical (unpaired) electrons. The number of amides is 2. The quantitative estimate of drug-likeness (QED) is 0.852. The molecule has 1 N–H and O–H groups in total. The molecule has 120 valence electrons. The van der Waals surface area contributed by atoms with Crippen LogP contribution in [0.5, 0.6) is 5.75 Å². The lowest BCUT2D eigenvalue weighted by Crippen LogP contribution is -2.41. The van der Waals surface area contributed by atoms with Gasteiger partial charge in [-0.15, -0.1) is 11.8 Å². The lowest BCUT2D eigenvalue weighted by atomic mass is 10.3. The number of hydrogen-bond donors (Lipinski definition) is 1. The van der Waals surface area contributed by atoms with Crippen molar-refractivity contribution in [1.82, 2.24) is 4.90 Å². The van der Waals surface area contributed by atoms with Crippen molar-refractivity contribution >= 4 is 29.3 Å². The lowest BCUT2D eigenvalue weighted by molar-refractivity contribution is -0.132. The summed E-state index contributed by atoms with van der Waals surface area (Å²) in [6.07, 6.45) is 0. The molecule has 2 amide bonds. The number of rotatable bonds is 6. The van der Waals surface area contributed by atoms with Gasteiger partial charge in [0.15, 0.2) is 0 Å². The molecule has 0 aliphatic carbocycles. The number of nitrogens with zero attached hydrogens (tertiary/aromatic N) is 1. The molecule has 2 rings (SSSR count). The zero-order chi connectivity index (χ0) is 15.8. The predicted octanol–water partition coefficient (Wildman–Crippen LogP) is 1.23. The van der Waals surface area contributed by atoms with Crippen LogP contribution in [0, 0.1) is 0 Å². The summed E-state index contributed by atoms with van der Waals surface area (Å²) < 4.78 is 10.4. The first kappa shape index (κ1) is 16.6. The number of thioether (sulfide) groups is 1. The molecule has 1 fully saturated rings. The fraction of sp³-hybridized carbons (Fsp3) is 0.467. The highest BCUT2D eigenvalue weighted by Crippen LogP contribution is 2.23. The van der Waals surface area contributed by atoms with E-state index >= 15 is 0 Å². The molecular formula is C15H20N2O4S. The number of carbonyl (C=O) groups is 2. The van der Waals surface area contributed by atoms with Gasteiger partial charge >= 0.3 is 0 Å². The number of morpholine rings is 1. The van der Waals surface area contributed by atoms with Gasteiger partial charge in [-0.3, -0.25) is 9.59 Å². The van der Waals surface area contributed by atoms with E-state index in [9.17, 15) is 9.59 Å². The minimum atomic E-state index is -0.149. The fourth-order valence-electron chi connectivity index (χ4n) is 2.07. The van der Waals surface area contributed by atoms with E-state index in [-0.39, 0.29) is 17.6 Å². The average Bonchev–Trinajstić information content (AvgIpc) is 2.56. The highest BCUT2D eigenvalue weighted by atomic mass is 32.2. The van der Waals surface area contributed by atoms with Gasteiger partial charge < -0.3 is 19.7 Å². The molecule has 1 heterocycles. The number of nitrogens with one attached hydrogen (secondary N) is 1. The monoisotopic (exact) mass is 324 g/mol. The third kappa shape index (κ3) is 4.92. The first-order valence-electron chi connectivity index (χ1n) is 7.07. The van der Waals surface area contributed by atoms with Gasteiger partial charge in [0, 0.05) is 13.1 Å². The fourth-order valence-corrected chi connectivity index (χ4v) is 2.79. The molecule has 0 aromatic heterocycles. The summed E-state index contributed by atoms with van der Waals surface area (Å²) >= 11 is 1.31. The summed E-state index contributed by atoms with van der Waals surface area (Å²) in [7, 11) is 1.56. The van der Waals surface area contributed by atoms with Gasteiger partial charge in [0.05, 0.1) is 37.5 Å². The van der Waals surface area contributed by atoms with Crippen LogP contribution in [0.2, 0.25) is 0 Å². The van der Waals surface area contributed by atoms with Gasteiger partial charge in [0.25, 0.3) is 0 Å². The van der Waals surface area contributed by atoms with Gasteiger partial charge in [-0.25, -0.2) is 0 Å². The van der Waals surface area contributed by atoms with Crippen molar-refractivity contribution in [3.63, 3.8) is 0 Å². The number of para-hydroxylation sites is 2. The Balaban J connectivity index is 1.72.